The maximum Gasteiger partial charge on any atom is 0.128 e. The van der Waals surface area contributed by atoms with Crippen molar-refractivity contribution in [1.82, 2.24) is 10.3 Å². The molecule has 1 fully saturated rings. The van der Waals surface area contributed by atoms with Crippen LogP contribution >= 0.6 is 0 Å². The first-order chi connectivity index (χ1) is 9.20. The number of rotatable bonds is 8. The van der Waals surface area contributed by atoms with Crippen LogP contribution in [-0.2, 0) is 4.74 Å². The van der Waals surface area contributed by atoms with E-state index in [9.17, 15) is 0 Å². The van der Waals surface area contributed by atoms with Crippen molar-refractivity contribution in [3.8, 4) is 0 Å². The van der Waals surface area contributed by atoms with Gasteiger partial charge in [0.05, 0.1) is 6.61 Å². The van der Waals surface area contributed by atoms with E-state index in [4.69, 9.17) is 4.74 Å². The van der Waals surface area contributed by atoms with Gasteiger partial charge in [-0.25, -0.2) is 4.98 Å². The Labute approximate surface area is 116 Å². The van der Waals surface area contributed by atoms with Crippen LogP contribution in [0.5, 0.6) is 0 Å². The Morgan fingerprint density at radius 3 is 2.84 bits per heavy atom. The second-order valence-electron chi connectivity index (χ2n) is 5.40. The van der Waals surface area contributed by atoms with E-state index in [1.165, 1.54) is 18.4 Å². The van der Waals surface area contributed by atoms with Crippen LogP contribution in [0.25, 0.3) is 0 Å². The van der Waals surface area contributed by atoms with E-state index in [1.807, 2.05) is 13.2 Å². The fourth-order valence-corrected chi connectivity index (χ4v) is 1.90. The van der Waals surface area contributed by atoms with Gasteiger partial charge in [0.15, 0.2) is 0 Å². The number of aromatic nitrogens is 1. The highest BCUT2D eigenvalue weighted by Gasteiger charge is 2.20. The second-order valence-corrected chi connectivity index (χ2v) is 5.40. The molecule has 0 spiro atoms. The summed E-state index contributed by atoms with van der Waals surface area (Å²) >= 11 is 0. The highest BCUT2D eigenvalue weighted by molar-refractivity contribution is 5.38. The Bertz CT molecular complexity index is 375. The van der Waals surface area contributed by atoms with Gasteiger partial charge in [0.25, 0.3) is 0 Å². The number of ether oxygens (including phenoxy) is 1. The number of nitrogens with one attached hydrogen (secondary N) is 1. The molecule has 1 aliphatic carbocycles. The van der Waals surface area contributed by atoms with E-state index < -0.39 is 0 Å². The third-order valence-electron chi connectivity index (χ3n) is 3.72. The normalized spacial score (nSPS) is 16.4. The van der Waals surface area contributed by atoms with Crippen molar-refractivity contribution in [2.24, 2.45) is 5.92 Å². The van der Waals surface area contributed by atoms with Crippen LogP contribution in [-0.4, -0.2) is 38.8 Å². The minimum atomic E-state index is 0.341. The topological polar surface area (TPSA) is 37.4 Å². The van der Waals surface area contributed by atoms with Crippen molar-refractivity contribution in [1.29, 1.82) is 0 Å². The minimum Gasteiger partial charge on any atom is -0.379 e. The van der Waals surface area contributed by atoms with Crippen LogP contribution in [0.3, 0.4) is 0 Å². The van der Waals surface area contributed by atoms with Gasteiger partial charge >= 0.3 is 0 Å². The fourth-order valence-electron chi connectivity index (χ4n) is 1.90. The van der Waals surface area contributed by atoms with Crippen LogP contribution in [0.4, 0.5) is 5.82 Å². The Kier molecular flexibility index (Phi) is 5.16. The lowest BCUT2D eigenvalue weighted by Gasteiger charge is -2.19. The molecule has 0 aliphatic heterocycles. The van der Waals surface area contributed by atoms with E-state index in [0.29, 0.717) is 6.04 Å². The number of anilines is 1. The lowest BCUT2D eigenvalue weighted by atomic mass is 10.1. The van der Waals surface area contributed by atoms with E-state index >= 15 is 0 Å². The fraction of sp³-hybridized carbons (Fsp3) is 0.667. The number of hydrogen-bond donors (Lipinski definition) is 1. The van der Waals surface area contributed by atoms with Crippen LogP contribution in [0, 0.1) is 5.92 Å². The van der Waals surface area contributed by atoms with Crippen LogP contribution in [0.1, 0.15) is 31.4 Å². The number of likely N-dealkylation sites (N-methyl/N-ethyl adjacent to an activating group) is 1. The lowest BCUT2D eigenvalue weighted by Crippen LogP contribution is -2.24. The van der Waals surface area contributed by atoms with Gasteiger partial charge in [-0.15, -0.1) is 0 Å². The molecule has 2 rings (SSSR count). The summed E-state index contributed by atoms with van der Waals surface area (Å²) in [5, 5.41) is 3.21. The maximum absolute atomic E-state index is 5.65. The smallest absolute Gasteiger partial charge is 0.128 e. The summed E-state index contributed by atoms with van der Waals surface area (Å²) in [6.07, 6.45) is 4.64. The van der Waals surface area contributed by atoms with Crippen LogP contribution in [0.15, 0.2) is 18.3 Å². The number of pyridine rings is 1. The van der Waals surface area contributed by atoms with Crippen molar-refractivity contribution in [2.75, 3.05) is 38.8 Å². The van der Waals surface area contributed by atoms with Crippen LogP contribution in [0.2, 0.25) is 0 Å². The third kappa shape index (κ3) is 4.48. The molecule has 1 aromatic rings. The summed E-state index contributed by atoms with van der Waals surface area (Å²) in [7, 11) is 4.02. The first-order valence-corrected chi connectivity index (χ1v) is 7.13. The molecule has 1 saturated carbocycles. The van der Waals surface area contributed by atoms with Crippen molar-refractivity contribution in [3.63, 3.8) is 0 Å². The molecule has 1 unspecified atom stereocenters. The predicted molar refractivity (Wildman–Crippen MR) is 78.5 cm³/mol. The molecule has 0 saturated heterocycles. The Hall–Kier alpha value is -1.13. The van der Waals surface area contributed by atoms with Gasteiger partial charge in [0, 0.05) is 32.4 Å². The van der Waals surface area contributed by atoms with Gasteiger partial charge in [-0.3, -0.25) is 0 Å². The van der Waals surface area contributed by atoms with E-state index in [2.05, 4.69) is 41.3 Å². The van der Waals surface area contributed by atoms with E-state index in [0.717, 1.165) is 31.5 Å². The molecular weight excluding hydrogens is 238 g/mol. The Morgan fingerprint density at radius 2 is 2.26 bits per heavy atom. The monoisotopic (exact) mass is 263 g/mol. The Morgan fingerprint density at radius 1 is 1.47 bits per heavy atom. The zero-order valence-corrected chi connectivity index (χ0v) is 12.2. The zero-order valence-electron chi connectivity index (χ0n) is 12.2. The largest absolute Gasteiger partial charge is 0.379 e. The average Bonchev–Trinajstić information content (AvgIpc) is 3.27. The molecule has 0 radical (unpaired) electrons. The molecule has 4 nitrogen and oxygen atoms in total. The molecule has 106 valence electrons. The summed E-state index contributed by atoms with van der Waals surface area (Å²) in [5.74, 6) is 1.84. The van der Waals surface area contributed by atoms with Gasteiger partial charge in [0.1, 0.15) is 5.82 Å². The molecule has 1 atom stereocenters. The quantitative estimate of drug-likeness (QED) is 0.730. The van der Waals surface area contributed by atoms with Crippen molar-refractivity contribution >= 4 is 5.82 Å². The van der Waals surface area contributed by atoms with Gasteiger partial charge in [0.2, 0.25) is 0 Å². The number of nitrogens with zero attached hydrogens (tertiary/aromatic N) is 2. The molecule has 1 aromatic heterocycles. The summed E-state index contributed by atoms with van der Waals surface area (Å²) in [5.41, 5.74) is 1.21. The molecule has 1 N–H and O–H groups in total. The standard InChI is InChI=1S/C15H25N3O/c1-12(16-2)14-6-7-15(17-10-14)18(3)8-9-19-11-13-4-5-13/h6-7,10,12-13,16H,4-5,8-9,11H2,1-3H3. The first-order valence-electron chi connectivity index (χ1n) is 7.13. The lowest BCUT2D eigenvalue weighted by molar-refractivity contribution is 0.131. The highest BCUT2D eigenvalue weighted by Crippen LogP contribution is 2.28. The summed E-state index contributed by atoms with van der Waals surface area (Å²) in [4.78, 5) is 6.64. The first kappa shape index (κ1) is 14.3. The Balaban J connectivity index is 1.75. The summed E-state index contributed by atoms with van der Waals surface area (Å²) < 4.78 is 5.65. The molecule has 19 heavy (non-hydrogen) atoms. The molecule has 1 heterocycles. The SMILES string of the molecule is CNC(C)c1ccc(N(C)CCOCC2CC2)nc1. The van der Waals surface area contributed by atoms with Gasteiger partial charge < -0.3 is 15.0 Å². The van der Waals surface area contributed by atoms with Crippen LogP contribution < -0.4 is 10.2 Å². The average molecular weight is 263 g/mol. The van der Waals surface area contributed by atoms with Crippen molar-refractivity contribution < 1.29 is 4.74 Å². The van der Waals surface area contributed by atoms with E-state index in [1.54, 1.807) is 0 Å². The highest BCUT2D eigenvalue weighted by atomic mass is 16.5. The maximum atomic E-state index is 5.65. The molecule has 4 heteroatoms. The van der Waals surface area contributed by atoms with E-state index in [-0.39, 0.29) is 0 Å². The number of hydrogen-bond acceptors (Lipinski definition) is 4. The molecular formula is C15H25N3O. The molecule has 0 bridgehead atoms. The molecule has 1 aliphatic rings. The molecule has 0 amide bonds. The molecule has 0 aromatic carbocycles. The van der Waals surface area contributed by atoms with Gasteiger partial charge in [-0.05, 0) is 44.4 Å². The zero-order chi connectivity index (χ0) is 13.7. The van der Waals surface area contributed by atoms with Gasteiger partial charge in [-0.2, -0.15) is 0 Å². The summed E-state index contributed by atoms with van der Waals surface area (Å²) in [6, 6.07) is 4.54. The third-order valence-corrected chi connectivity index (χ3v) is 3.72. The summed E-state index contributed by atoms with van der Waals surface area (Å²) in [6.45, 7) is 4.73. The van der Waals surface area contributed by atoms with Crippen molar-refractivity contribution in [3.05, 3.63) is 23.9 Å². The van der Waals surface area contributed by atoms with Gasteiger partial charge in [-0.1, -0.05) is 6.07 Å². The predicted octanol–water partition coefficient (Wildman–Crippen LogP) is 2.22. The second kappa shape index (κ2) is 6.87. The minimum absolute atomic E-state index is 0.341. The van der Waals surface area contributed by atoms with Crippen molar-refractivity contribution in [2.45, 2.75) is 25.8 Å².